The minimum atomic E-state index is -0.340. The highest BCUT2D eigenvalue weighted by Crippen LogP contribution is 2.34. The van der Waals surface area contributed by atoms with E-state index in [9.17, 15) is 10.1 Å². The number of nitro benzene ring substituents is 1. The minimum absolute atomic E-state index is 0.0711. The van der Waals surface area contributed by atoms with Gasteiger partial charge in [-0.15, -0.1) is 0 Å². The molecule has 22 heavy (non-hydrogen) atoms. The number of rotatable bonds is 3. The molecule has 1 saturated heterocycles. The molecule has 1 unspecified atom stereocenters. The molecule has 6 heteroatoms. The standard InChI is InChI=1S/C16H15BrN2O3/c17-13-6-7-14(15(10-13)19(20)21)18-8-9-22-16(11-18)12-4-2-1-3-5-12/h1-7,10,16H,8-9,11H2. The van der Waals surface area contributed by atoms with Gasteiger partial charge in [-0.1, -0.05) is 46.3 Å². The first-order valence-electron chi connectivity index (χ1n) is 7.00. The number of halogens is 1. The molecule has 1 aliphatic rings. The predicted molar refractivity (Wildman–Crippen MR) is 88.1 cm³/mol. The Morgan fingerprint density at radius 1 is 1.23 bits per heavy atom. The first-order valence-corrected chi connectivity index (χ1v) is 7.80. The van der Waals surface area contributed by atoms with Crippen LogP contribution in [0.3, 0.4) is 0 Å². The zero-order chi connectivity index (χ0) is 15.5. The molecule has 0 aliphatic carbocycles. The summed E-state index contributed by atoms with van der Waals surface area (Å²) in [5.74, 6) is 0. The Hall–Kier alpha value is -1.92. The normalized spacial score (nSPS) is 18.2. The quantitative estimate of drug-likeness (QED) is 0.612. The van der Waals surface area contributed by atoms with Crippen LogP contribution < -0.4 is 4.90 Å². The maximum absolute atomic E-state index is 11.3. The van der Waals surface area contributed by atoms with Crippen molar-refractivity contribution in [2.75, 3.05) is 24.6 Å². The van der Waals surface area contributed by atoms with Gasteiger partial charge in [0.25, 0.3) is 5.69 Å². The second-order valence-corrected chi connectivity index (χ2v) is 6.02. The molecule has 0 bridgehead atoms. The van der Waals surface area contributed by atoms with E-state index < -0.39 is 0 Å². The Kier molecular flexibility index (Phi) is 4.40. The number of hydrogen-bond donors (Lipinski definition) is 0. The number of benzene rings is 2. The van der Waals surface area contributed by atoms with Crippen LogP contribution in [0.4, 0.5) is 11.4 Å². The molecule has 5 nitrogen and oxygen atoms in total. The van der Waals surface area contributed by atoms with Gasteiger partial charge in [0, 0.05) is 23.6 Å². The van der Waals surface area contributed by atoms with E-state index in [2.05, 4.69) is 15.9 Å². The summed E-state index contributed by atoms with van der Waals surface area (Å²) in [6.45, 7) is 1.80. The summed E-state index contributed by atoms with van der Waals surface area (Å²) < 4.78 is 6.52. The molecule has 0 N–H and O–H groups in total. The van der Waals surface area contributed by atoms with Gasteiger partial charge in [0.15, 0.2) is 0 Å². The molecule has 1 fully saturated rings. The lowest BCUT2D eigenvalue weighted by Crippen LogP contribution is -2.38. The van der Waals surface area contributed by atoms with E-state index in [0.717, 1.165) is 5.56 Å². The van der Waals surface area contributed by atoms with E-state index in [1.807, 2.05) is 41.3 Å². The van der Waals surface area contributed by atoms with Crippen LogP contribution in [-0.2, 0) is 4.74 Å². The van der Waals surface area contributed by atoms with Crippen LogP contribution in [0, 0.1) is 10.1 Å². The van der Waals surface area contributed by atoms with Gasteiger partial charge in [-0.3, -0.25) is 10.1 Å². The van der Waals surface area contributed by atoms with Crippen molar-refractivity contribution in [1.82, 2.24) is 0 Å². The summed E-state index contributed by atoms with van der Waals surface area (Å²) in [6, 6.07) is 15.1. The van der Waals surface area contributed by atoms with Crippen LogP contribution in [0.2, 0.25) is 0 Å². The maximum Gasteiger partial charge on any atom is 0.293 e. The van der Waals surface area contributed by atoms with Gasteiger partial charge in [0.1, 0.15) is 11.8 Å². The maximum atomic E-state index is 11.3. The number of nitro groups is 1. The third kappa shape index (κ3) is 3.13. The van der Waals surface area contributed by atoms with Crippen LogP contribution in [0.1, 0.15) is 11.7 Å². The van der Waals surface area contributed by atoms with Crippen LogP contribution in [0.25, 0.3) is 0 Å². The van der Waals surface area contributed by atoms with Gasteiger partial charge in [0.05, 0.1) is 11.5 Å². The summed E-state index contributed by atoms with van der Waals surface area (Å²) in [4.78, 5) is 13.0. The van der Waals surface area contributed by atoms with Crippen molar-refractivity contribution >= 4 is 27.3 Å². The largest absolute Gasteiger partial charge is 0.370 e. The Morgan fingerprint density at radius 2 is 2.00 bits per heavy atom. The number of hydrogen-bond acceptors (Lipinski definition) is 4. The zero-order valence-electron chi connectivity index (χ0n) is 11.8. The van der Waals surface area contributed by atoms with Crippen LogP contribution in [0.5, 0.6) is 0 Å². The third-order valence-electron chi connectivity index (χ3n) is 3.71. The fourth-order valence-electron chi connectivity index (χ4n) is 2.65. The van der Waals surface area contributed by atoms with Gasteiger partial charge in [0.2, 0.25) is 0 Å². The summed E-state index contributed by atoms with van der Waals surface area (Å²) in [7, 11) is 0. The van der Waals surface area contributed by atoms with Crippen LogP contribution in [-0.4, -0.2) is 24.6 Å². The van der Waals surface area contributed by atoms with Gasteiger partial charge < -0.3 is 9.64 Å². The van der Waals surface area contributed by atoms with E-state index in [1.165, 1.54) is 0 Å². The number of anilines is 1. The van der Waals surface area contributed by atoms with Crippen molar-refractivity contribution in [3.05, 3.63) is 68.7 Å². The van der Waals surface area contributed by atoms with E-state index in [4.69, 9.17) is 4.74 Å². The fraction of sp³-hybridized carbons (Fsp3) is 0.250. The van der Waals surface area contributed by atoms with Crippen LogP contribution in [0.15, 0.2) is 53.0 Å². The molecule has 1 heterocycles. The van der Waals surface area contributed by atoms with Crippen molar-refractivity contribution in [3.63, 3.8) is 0 Å². The van der Waals surface area contributed by atoms with Gasteiger partial charge in [-0.05, 0) is 17.7 Å². The van der Waals surface area contributed by atoms with Crippen LogP contribution >= 0.6 is 15.9 Å². The van der Waals surface area contributed by atoms with E-state index in [1.54, 1.807) is 12.1 Å². The number of morpholine rings is 1. The lowest BCUT2D eigenvalue weighted by atomic mass is 10.1. The van der Waals surface area contributed by atoms with Gasteiger partial charge >= 0.3 is 0 Å². The molecule has 0 amide bonds. The molecular weight excluding hydrogens is 348 g/mol. The SMILES string of the molecule is O=[N+]([O-])c1cc(Br)ccc1N1CCOC(c2ccccc2)C1. The molecule has 2 aromatic rings. The summed E-state index contributed by atoms with van der Waals surface area (Å²) in [5.41, 5.74) is 1.84. The average Bonchev–Trinajstić information content (AvgIpc) is 2.55. The van der Waals surface area contributed by atoms with E-state index in [-0.39, 0.29) is 16.7 Å². The van der Waals surface area contributed by atoms with Crippen molar-refractivity contribution in [3.8, 4) is 0 Å². The lowest BCUT2D eigenvalue weighted by molar-refractivity contribution is -0.384. The van der Waals surface area contributed by atoms with E-state index in [0.29, 0.717) is 29.9 Å². The summed E-state index contributed by atoms with van der Waals surface area (Å²) in [5, 5.41) is 11.3. The molecule has 0 radical (unpaired) electrons. The first-order chi connectivity index (χ1) is 10.6. The molecule has 0 saturated carbocycles. The summed E-state index contributed by atoms with van der Waals surface area (Å²) in [6.07, 6.45) is -0.0711. The second kappa shape index (κ2) is 6.46. The topological polar surface area (TPSA) is 55.6 Å². The number of nitrogens with zero attached hydrogens (tertiary/aromatic N) is 2. The molecular formula is C16H15BrN2O3. The second-order valence-electron chi connectivity index (χ2n) is 5.11. The van der Waals surface area contributed by atoms with Crippen molar-refractivity contribution in [2.24, 2.45) is 0 Å². The molecule has 3 rings (SSSR count). The molecule has 114 valence electrons. The highest BCUT2D eigenvalue weighted by molar-refractivity contribution is 9.10. The highest BCUT2D eigenvalue weighted by Gasteiger charge is 2.26. The predicted octanol–water partition coefficient (Wildman–Crippen LogP) is 3.94. The molecule has 0 spiro atoms. The minimum Gasteiger partial charge on any atom is -0.370 e. The summed E-state index contributed by atoms with van der Waals surface area (Å²) >= 11 is 3.29. The third-order valence-corrected chi connectivity index (χ3v) is 4.21. The average molecular weight is 363 g/mol. The van der Waals surface area contributed by atoms with Gasteiger partial charge in [-0.2, -0.15) is 0 Å². The first kappa shape index (κ1) is 15.0. The van der Waals surface area contributed by atoms with Crippen molar-refractivity contribution < 1.29 is 9.66 Å². The van der Waals surface area contributed by atoms with Crippen molar-refractivity contribution in [2.45, 2.75) is 6.10 Å². The Bertz CT molecular complexity index is 678. The van der Waals surface area contributed by atoms with Crippen molar-refractivity contribution in [1.29, 1.82) is 0 Å². The smallest absolute Gasteiger partial charge is 0.293 e. The molecule has 2 aromatic carbocycles. The zero-order valence-corrected chi connectivity index (χ0v) is 13.4. The molecule has 0 aromatic heterocycles. The number of ether oxygens (including phenoxy) is 1. The molecule has 1 atom stereocenters. The Morgan fingerprint density at radius 3 is 2.73 bits per heavy atom. The van der Waals surface area contributed by atoms with Gasteiger partial charge in [-0.25, -0.2) is 0 Å². The monoisotopic (exact) mass is 362 g/mol. The molecule has 1 aliphatic heterocycles. The Balaban J connectivity index is 1.88. The highest BCUT2D eigenvalue weighted by atomic mass is 79.9. The Labute approximate surface area is 136 Å². The van der Waals surface area contributed by atoms with E-state index >= 15 is 0 Å². The lowest BCUT2D eigenvalue weighted by Gasteiger charge is -2.34. The fourth-order valence-corrected chi connectivity index (χ4v) is 3.00.